The quantitative estimate of drug-likeness (QED) is 0.372. The van der Waals surface area contributed by atoms with E-state index in [-0.39, 0.29) is 17.7 Å². The molecule has 0 radical (unpaired) electrons. The minimum atomic E-state index is -0.332. The Morgan fingerprint density at radius 1 is 1.42 bits per heavy atom. The molecule has 104 valence electrons. The molecule has 19 heavy (non-hydrogen) atoms. The molecule has 0 aliphatic carbocycles. The van der Waals surface area contributed by atoms with Gasteiger partial charge in [0.15, 0.2) is 0 Å². The summed E-state index contributed by atoms with van der Waals surface area (Å²) in [5.41, 5.74) is 0. The Bertz CT molecular complexity index is 480. The van der Waals surface area contributed by atoms with Gasteiger partial charge in [-0.1, -0.05) is 0 Å². The highest BCUT2D eigenvalue weighted by molar-refractivity contribution is 5.73. The van der Waals surface area contributed by atoms with Crippen molar-refractivity contribution in [2.24, 2.45) is 4.99 Å². The summed E-state index contributed by atoms with van der Waals surface area (Å²) in [6.45, 7) is 5.74. The molecule has 2 heterocycles. The molecule has 0 N–H and O–H groups in total. The number of amides is 1. The highest BCUT2D eigenvalue weighted by atomic mass is 16.5. The van der Waals surface area contributed by atoms with Crippen LogP contribution in [0.5, 0.6) is 0 Å². The highest BCUT2D eigenvalue weighted by Gasteiger charge is 2.24. The molecular formula is C11H17N5O3. The van der Waals surface area contributed by atoms with Gasteiger partial charge in [0.05, 0.1) is 17.9 Å². The number of carbonyl (C=O) groups is 1. The van der Waals surface area contributed by atoms with Gasteiger partial charge in [-0.3, -0.25) is 9.32 Å². The summed E-state index contributed by atoms with van der Waals surface area (Å²) in [6, 6.07) is 0. The Balaban J connectivity index is 2.04. The third kappa shape index (κ3) is 3.43. The van der Waals surface area contributed by atoms with Crippen LogP contribution in [0.2, 0.25) is 0 Å². The molecule has 1 aromatic rings. The second kappa shape index (κ2) is 5.68. The van der Waals surface area contributed by atoms with Gasteiger partial charge >= 0.3 is 5.88 Å². The van der Waals surface area contributed by atoms with Crippen molar-refractivity contribution in [2.45, 2.75) is 20.3 Å². The van der Waals surface area contributed by atoms with E-state index >= 15 is 0 Å². The molecular weight excluding hydrogens is 250 g/mol. The lowest BCUT2D eigenvalue weighted by molar-refractivity contribution is -0.758. The summed E-state index contributed by atoms with van der Waals surface area (Å²) in [6.07, 6.45) is 2.42. The lowest BCUT2D eigenvalue weighted by atomic mass is 10.4. The van der Waals surface area contributed by atoms with Gasteiger partial charge in [0.25, 0.3) is 6.20 Å². The van der Waals surface area contributed by atoms with Gasteiger partial charge in [0, 0.05) is 20.0 Å². The van der Waals surface area contributed by atoms with Crippen molar-refractivity contribution in [2.75, 3.05) is 31.2 Å². The SMILES string of the molecule is CC(=O)N1CCCN([n+]2cc(/N=C(\C)[O-])on2)CC1. The topological polar surface area (TPSA) is 88.9 Å². The van der Waals surface area contributed by atoms with Gasteiger partial charge in [-0.2, -0.15) is 5.01 Å². The molecule has 0 bridgehead atoms. The number of aromatic nitrogens is 2. The van der Waals surface area contributed by atoms with Crippen LogP contribution in [0.3, 0.4) is 0 Å². The van der Waals surface area contributed by atoms with Crippen molar-refractivity contribution in [1.29, 1.82) is 0 Å². The molecule has 1 aliphatic heterocycles. The standard InChI is InChI=1S/C11H17N5O3/c1-9(17)12-11-8-16(13-19-11)15-5-3-4-14(6-7-15)10(2)18/h8H,3-7H2,1-2H3. The van der Waals surface area contributed by atoms with Crippen LogP contribution in [0.25, 0.3) is 0 Å². The molecule has 8 nitrogen and oxygen atoms in total. The van der Waals surface area contributed by atoms with E-state index in [0.29, 0.717) is 13.1 Å². The molecule has 1 fully saturated rings. The molecule has 0 unspecified atom stereocenters. The van der Waals surface area contributed by atoms with Crippen LogP contribution in [0.4, 0.5) is 5.88 Å². The summed E-state index contributed by atoms with van der Waals surface area (Å²) in [7, 11) is 0. The van der Waals surface area contributed by atoms with Crippen molar-refractivity contribution < 1.29 is 19.2 Å². The van der Waals surface area contributed by atoms with Crippen LogP contribution >= 0.6 is 0 Å². The molecule has 1 saturated heterocycles. The van der Waals surface area contributed by atoms with Gasteiger partial charge in [0.2, 0.25) is 11.2 Å². The fourth-order valence-corrected chi connectivity index (χ4v) is 1.99. The zero-order valence-electron chi connectivity index (χ0n) is 11.1. The van der Waals surface area contributed by atoms with E-state index in [0.717, 1.165) is 19.5 Å². The minimum absolute atomic E-state index is 0.0827. The lowest BCUT2D eigenvalue weighted by Crippen LogP contribution is -2.60. The Labute approximate surface area is 110 Å². The van der Waals surface area contributed by atoms with Gasteiger partial charge in [0.1, 0.15) is 0 Å². The summed E-state index contributed by atoms with van der Waals surface area (Å²) in [5, 5.41) is 16.6. The van der Waals surface area contributed by atoms with Crippen molar-refractivity contribution in [1.82, 2.24) is 10.2 Å². The van der Waals surface area contributed by atoms with Crippen LogP contribution in [0, 0.1) is 0 Å². The van der Waals surface area contributed by atoms with E-state index in [1.54, 1.807) is 13.1 Å². The monoisotopic (exact) mass is 267 g/mol. The maximum atomic E-state index is 11.3. The second-order valence-corrected chi connectivity index (χ2v) is 4.40. The molecule has 0 saturated carbocycles. The molecule has 0 atom stereocenters. The fourth-order valence-electron chi connectivity index (χ4n) is 1.99. The van der Waals surface area contributed by atoms with Crippen molar-refractivity contribution in [3.8, 4) is 0 Å². The normalized spacial score (nSPS) is 17.5. The Morgan fingerprint density at radius 2 is 2.21 bits per heavy atom. The van der Waals surface area contributed by atoms with Gasteiger partial charge in [-0.15, -0.1) is 0 Å². The molecule has 1 amide bonds. The average Bonchev–Trinajstić information content (AvgIpc) is 2.64. The van der Waals surface area contributed by atoms with Crippen molar-refractivity contribution >= 4 is 17.7 Å². The average molecular weight is 267 g/mol. The molecule has 1 aromatic heterocycles. The third-order valence-corrected chi connectivity index (χ3v) is 2.92. The maximum Gasteiger partial charge on any atom is 0.323 e. The van der Waals surface area contributed by atoms with Crippen LogP contribution in [0.15, 0.2) is 15.7 Å². The first-order valence-corrected chi connectivity index (χ1v) is 6.18. The van der Waals surface area contributed by atoms with E-state index in [1.807, 2.05) is 9.91 Å². The first kappa shape index (κ1) is 13.3. The predicted octanol–water partition coefficient (Wildman–Crippen LogP) is -1.44. The molecule has 1 aliphatic rings. The van der Waals surface area contributed by atoms with E-state index in [9.17, 15) is 9.90 Å². The summed E-state index contributed by atoms with van der Waals surface area (Å²) in [5.74, 6) is -0.0682. The predicted molar refractivity (Wildman–Crippen MR) is 64.3 cm³/mol. The molecule has 0 spiro atoms. The van der Waals surface area contributed by atoms with Crippen LogP contribution in [0.1, 0.15) is 20.3 Å². The number of hydrogen-bond donors (Lipinski definition) is 0. The van der Waals surface area contributed by atoms with Crippen molar-refractivity contribution in [3.63, 3.8) is 0 Å². The number of aliphatic imine (C=N–C) groups is 1. The number of carbonyl (C=O) groups excluding carboxylic acids is 1. The van der Waals surface area contributed by atoms with Crippen LogP contribution in [-0.2, 0) is 4.79 Å². The second-order valence-electron chi connectivity index (χ2n) is 4.40. The fraction of sp³-hybridized carbons (Fsp3) is 0.636. The van der Waals surface area contributed by atoms with Gasteiger partial charge in [-0.25, -0.2) is 4.99 Å². The van der Waals surface area contributed by atoms with Crippen LogP contribution in [-0.4, -0.2) is 48.2 Å². The minimum Gasteiger partial charge on any atom is -0.862 e. The molecule has 8 heteroatoms. The summed E-state index contributed by atoms with van der Waals surface area (Å²) in [4.78, 5) is 18.3. The Hall–Kier alpha value is -2.12. The number of hydrogen-bond acceptors (Lipinski definition) is 6. The first-order valence-electron chi connectivity index (χ1n) is 6.18. The summed E-state index contributed by atoms with van der Waals surface area (Å²) < 4.78 is 4.95. The third-order valence-electron chi connectivity index (χ3n) is 2.92. The largest absolute Gasteiger partial charge is 0.862 e. The number of nitrogens with zero attached hydrogens (tertiary/aromatic N) is 5. The lowest BCUT2D eigenvalue weighted by Gasteiger charge is -2.16. The highest BCUT2D eigenvalue weighted by Crippen LogP contribution is 2.06. The van der Waals surface area contributed by atoms with Crippen LogP contribution < -0.4 is 14.9 Å². The van der Waals surface area contributed by atoms with Crippen molar-refractivity contribution in [3.05, 3.63) is 6.20 Å². The smallest absolute Gasteiger partial charge is 0.323 e. The van der Waals surface area contributed by atoms with Gasteiger partial charge in [-0.05, 0) is 19.2 Å². The maximum absolute atomic E-state index is 11.3. The number of rotatable bonds is 2. The van der Waals surface area contributed by atoms with E-state index in [4.69, 9.17) is 4.52 Å². The first-order chi connectivity index (χ1) is 9.06. The zero-order valence-corrected chi connectivity index (χ0v) is 11.1. The summed E-state index contributed by atoms with van der Waals surface area (Å²) >= 11 is 0. The molecule has 2 rings (SSSR count). The Morgan fingerprint density at radius 3 is 2.89 bits per heavy atom. The molecule has 0 aromatic carbocycles. The Kier molecular flexibility index (Phi) is 3.98. The van der Waals surface area contributed by atoms with Gasteiger partial charge < -0.3 is 10.0 Å². The van der Waals surface area contributed by atoms with E-state index in [2.05, 4.69) is 10.3 Å². The van der Waals surface area contributed by atoms with E-state index in [1.165, 1.54) is 11.7 Å². The van der Waals surface area contributed by atoms with E-state index < -0.39 is 0 Å². The zero-order chi connectivity index (χ0) is 13.8.